The van der Waals surface area contributed by atoms with Crippen molar-refractivity contribution in [2.45, 2.75) is 52.4 Å². The summed E-state index contributed by atoms with van der Waals surface area (Å²) in [6, 6.07) is 10.2. The zero-order valence-corrected chi connectivity index (χ0v) is 19.8. The van der Waals surface area contributed by atoms with Gasteiger partial charge in [-0.15, -0.1) is 0 Å². The number of anilines is 1. The molecule has 32 heavy (non-hydrogen) atoms. The predicted octanol–water partition coefficient (Wildman–Crippen LogP) is 4.86. The van der Waals surface area contributed by atoms with Crippen LogP contribution in [0.1, 0.15) is 63.0 Å². The van der Waals surface area contributed by atoms with E-state index in [1.807, 2.05) is 58.6 Å². The van der Waals surface area contributed by atoms with Gasteiger partial charge in [0.2, 0.25) is 0 Å². The summed E-state index contributed by atoms with van der Waals surface area (Å²) in [6.45, 7) is 14.5. The Balaban J connectivity index is 1.82. The Kier molecular flexibility index (Phi) is 6.22. The Bertz CT molecular complexity index is 1010. The molecule has 0 atom stereocenters. The van der Waals surface area contributed by atoms with Crippen molar-refractivity contribution in [3.8, 4) is 5.75 Å². The van der Waals surface area contributed by atoms with Crippen LogP contribution in [0.5, 0.6) is 5.75 Å². The van der Waals surface area contributed by atoms with Crippen LogP contribution in [-0.2, 0) is 10.8 Å². The Labute approximate surface area is 189 Å². The molecule has 1 amide bonds. The van der Waals surface area contributed by atoms with Gasteiger partial charge < -0.3 is 14.9 Å². The quantitative estimate of drug-likeness (QED) is 0.545. The molecule has 2 aromatic carbocycles. The van der Waals surface area contributed by atoms with Crippen LogP contribution in [0.2, 0.25) is 0 Å². The van der Waals surface area contributed by atoms with E-state index in [0.29, 0.717) is 37.3 Å². The predicted molar refractivity (Wildman–Crippen MR) is 127 cm³/mol. The second kappa shape index (κ2) is 8.45. The second-order valence-electron chi connectivity index (χ2n) is 10.4. The summed E-state index contributed by atoms with van der Waals surface area (Å²) in [5.41, 5.74) is 2.42. The van der Waals surface area contributed by atoms with Gasteiger partial charge in [-0.25, -0.2) is 0 Å². The number of nitrogens with zero attached hydrogens (tertiary/aromatic N) is 3. The second-order valence-corrected chi connectivity index (χ2v) is 10.4. The van der Waals surface area contributed by atoms with Crippen molar-refractivity contribution in [1.82, 2.24) is 4.90 Å². The fourth-order valence-electron chi connectivity index (χ4n) is 4.26. The molecular formula is C25H33N3O4. The van der Waals surface area contributed by atoms with E-state index in [2.05, 4.69) is 4.90 Å². The minimum atomic E-state index is -0.409. The number of hydrogen-bond donors (Lipinski definition) is 1. The average Bonchev–Trinajstić information content (AvgIpc) is 2.71. The van der Waals surface area contributed by atoms with Crippen molar-refractivity contribution in [1.29, 1.82) is 0 Å². The Morgan fingerprint density at radius 3 is 1.94 bits per heavy atom. The maximum absolute atomic E-state index is 13.5. The molecular weight excluding hydrogens is 406 g/mol. The van der Waals surface area contributed by atoms with Gasteiger partial charge in [0.15, 0.2) is 0 Å². The monoisotopic (exact) mass is 439 g/mol. The van der Waals surface area contributed by atoms with Crippen LogP contribution in [0, 0.1) is 10.1 Å². The van der Waals surface area contributed by atoms with Crippen LogP contribution in [0.4, 0.5) is 11.4 Å². The Morgan fingerprint density at radius 2 is 1.47 bits per heavy atom. The number of phenols is 1. The molecule has 3 rings (SSSR count). The summed E-state index contributed by atoms with van der Waals surface area (Å²) < 4.78 is 0. The standard InChI is InChI=1S/C25H33N3O4/c1-24(2,3)20-12-11-19(21(22(20)29)25(4,5)6)23(30)27-15-13-26(14-16-27)17-7-9-18(10-8-17)28(31)32/h7-12,29H,13-16H2,1-6H3. The summed E-state index contributed by atoms with van der Waals surface area (Å²) in [5.74, 6) is 0.134. The Morgan fingerprint density at radius 1 is 0.906 bits per heavy atom. The molecule has 1 aliphatic heterocycles. The molecule has 0 bridgehead atoms. The van der Waals surface area contributed by atoms with E-state index < -0.39 is 10.3 Å². The van der Waals surface area contributed by atoms with Crippen LogP contribution in [0.25, 0.3) is 0 Å². The zero-order chi connectivity index (χ0) is 23.8. The van der Waals surface area contributed by atoms with Crippen molar-refractivity contribution in [3.05, 3.63) is 63.2 Å². The van der Waals surface area contributed by atoms with Crippen molar-refractivity contribution in [2.75, 3.05) is 31.1 Å². The lowest BCUT2D eigenvalue weighted by Crippen LogP contribution is -2.49. The first-order chi connectivity index (χ1) is 14.8. The minimum Gasteiger partial charge on any atom is -0.507 e. The molecule has 0 radical (unpaired) electrons. The maximum atomic E-state index is 13.5. The third-order valence-corrected chi connectivity index (χ3v) is 5.96. The lowest BCUT2D eigenvalue weighted by atomic mass is 9.77. The number of piperazine rings is 1. The van der Waals surface area contributed by atoms with Crippen molar-refractivity contribution in [3.63, 3.8) is 0 Å². The van der Waals surface area contributed by atoms with Crippen LogP contribution in [-0.4, -0.2) is 47.0 Å². The third-order valence-electron chi connectivity index (χ3n) is 5.96. The van der Waals surface area contributed by atoms with E-state index in [-0.39, 0.29) is 22.8 Å². The summed E-state index contributed by atoms with van der Waals surface area (Å²) in [7, 11) is 0. The fraction of sp³-hybridized carbons (Fsp3) is 0.480. The van der Waals surface area contributed by atoms with Crippen molar-refractivity contribution in [2.24, 2.45) is 0 Å². The van der Waals surface area contributed by atoms with Crippen LogP contribution in [0.3, 0.4) is 0 Å². The van der Waals surface area contributed by atoms with Crippen molar-refractivity contribution >= 4 is 17.3 Å². The molecule has 1 saturated heterocycles. The van der Waals surface area contributed by atoms with E-state index in [4.69, 9.17) is 0 Å². The number of nitro benzene ring substituents is 1. The fourth-order valence-corrected chi connectivity index (χ4v) is 4.26. The molecule has 1 heterocycles. The number of carbonyl (C=O) groups is 1. The minimum absolute atomic E-state index is 0.0655. The van der Waals surface area contributed by atoms with Gasteiger partial charge in [0.25, 0.3) is 11.6 Å². The van der Waals surface area contributed by atoms with Crippen LogP contribution >= 0.6 is 0 Å². The highest BCUT2D eigenvalue weighted by atomic mass is 16.6. The van der Waals surface area contributed by atoms with Gasteiger partial charge in [0.05, 0.1) is 4.92 Å². The normalized spacial score (nSPS) is 15.1. The molecule has 0 spiro atoms. The molecule has 1 aliphatic rings. The number of carbonyl (C=O) groups excluding carboxylic acids is 1. The Hall–Kier alpha value is -3.09. The van der Waals surface area contributed by atoms with Gasteiger partial charge in [-0.05, 0) is 34.6 Å². The van der Waals surface area contributed by atoms with Crippen molar-refractivity contribution < 1.29 is 14.8 Å². The molecule has 0 unspecified atom stereocenters. The highest BCUT2D eigenvalue weighted by Crippen LogP contribution is 2.41. The lowest BCUT2D eigenvalue weighted by molar-refractivity contribution is -0.384. The molecule has 0 saturated carbocycles. The van der Waals surface area contributed by atoms with Crippen LogP contribution in [0.15, 0.2) is 36.4 Å². The number of amides is 1. The lowest BCUT2D eigenvalue weighted by Gasteiger charge is -2.37. The summed E-state index contributed by atoms with van der Waals surface area (Å²) in [5, 5.41) is 22.0. The topological polar surface area (TPSA) is 86.9 Å². The molecule has 7 nitrogen and oxygen atoms in total. The number of hydrogen-bond acceptors (Lipinski definition) is 5. The first kappa shape index (κ1) is 23.6. The first-order valence-electron chi connectivity index (χ1n) is 11.0. The molecule has 2 aromatic rings. The SMILES string of the molecule is CC(C)(C)c1ccc(C(=O)N2CCN(c3ccc([N+](=O)[O-])cc3)CC2)c(C(C)(C)C)c1O. The largest absolute Gasteiger partial charge is 0.507 e. The maximum Gasteiger partial charge on any atom is 0.269 e. The number of phenolic OH excluding ortho intramolecular Hbond substituents is 1. The smallest absolute Gasteiger partial charge is 0.269 e. The molecule has 0 aliphatic carbocycles. The molecule has 1 N–H and O–H groups in total. The molecule has 7 heteroatoms. The van der Waals surface area contributed by atoms with Gasteiger partial charge >= 0.3 is 0 Å². The summed E-state index contributed by atoms with van der Waals surface area (Å²) in [4.78, 5) is 27.9. The van der Waals surface area contributed by atoms with E-state index >= 15 is 0 Å². The number of benzene rings is 2. The zero-order valence-electron chi connectivity index (χ0n) is 19.8. The highest BCUT2D eigenvalue weighted by molar-refractivity contribution is 5.97. The summed E-state index contributed by atoms with van der Waals surface area (Å²) in [6.07, 6.45) is 0. The number of aromatic hydroxyl groups is 1. The van der Waals surface area contributed by atoms with Gasteiger partial charge in [-0.3, -0.25) is 14.9 Å². The van der Waals surface area contributed by atoms with Gasteiger partial charge in [-0.1, -0.05) is 47.6 Å². The van der Waals surface area contributed by atoms with E-state index in [1.165, 1.54) is 12.1 Å². The van der Waals surface area contributed by atoms with E-state index in [1.54, 1.807) is 12.1 Å². The highest BCUT2D eigenvalue weighted by Gasteiger charge is 2.32. The van der Waals surface area contributed by atoms with Gasteiger partial charge in [0, 0.05) is 55.1 Å². The molecule has 1 fully saturated rings. The number of non-ortho nitro benzene ring substituents is 1. The van der Waals surface area contributed by atoms with Gasteiger partial charge in [0.1, 0.15) is 5.75 Å². The van der Waals surface area contributed by atoms with E-state index in [0.717, 1.165) is 11.3 Å². The molecule has 172 valence electrons. The number of nitro groups is 1. The molecule has 0 aromatic heterocycles. The summed E-state index contributed by atoms with van der Waals surface area (Å²) >= 11 is 0. The van der Waals surface area contributed by atoms with Gasteiger partial charge in [-0.2, -0.15) is 0 Å². The average molecular weight is 440 g/mol. The van der Waals surface area contributed by atoms with E-state index in [9.17, 15) is 20.0 Å². The third kappa shape index (κ3) is 4.71. The number of rotatable bonds is 3. The van der Waals surface area contributed by atoms with Crippen LogP contribution < -0.4 is 4.90 Å². The first-order valence-corrected chi connectivity index (χ1v) is 11.0.